The molecule has 0 spiro atoms. The summed E-state index contributed by atoms with van der Waals surface area (Å²) in [5.74, 6) is 0.281. The van der Waals surface area contributed by atoms with Gasteiger partial charge < -0.3 is 10.5 Å². The number of anilines is 1. The molecule has 19 heavy (non-hydrogen) atoms. The van der Waals surface area contributed by atoms with Crippen LogP contribution in [0.1, 0.15) is 0 Å². The van der Waals surface area contributed by atoms with E-state index in [0.717, 1.165) is 10.8 Å². The van der Waals surface area contributed by atoms with E-state index in [9.17, 15) is 4.39 Å². The van der Waals surface area contributed by atoms with E-state index in [1.807, 2.05) is 30.3 Å². The van der Waals surface area contributed by atoms with Crippen molar-refractivity contribution in [3.63, 3.8) is 0 Å². The van der Waals surface area contributed by atoms with Crippen LogP contribution in [0.5, 0.6) is 11.6 Å². The zero-order valence-corrected chi connectivity index (χ0v) is 10.0. The van der Waals surface area contributed by atoms with Crippen molar-refractivity contribution in [3.05, 3.63) is 60.5 Å². The summed E-state index contributed by atoms with van der Waals surface area (Å²) in [5, 5.41) is 1.86. The van der Waals surface area contributed by atoms with Crippen molar-refractivity contribution in [1.82, 2.24) is 4.98 Å². The molecule has 0 atom stereocenters. The molecule has 0 bridgehead atoms. The van der Waals surface area contributed by atoms with Crippen LogP contribution in [0.15, 0.2) is 54.7 Å². The number of nitrogens with two attached hydrogens (primary N) is 1. The minimum atomic E-state index is -0.399. The molecule has 4 heteroatoms. The molecule has 0 amide bonds. The first-order chi connectivity index (χ1) is 9.24. The molecule has 0 fully saturated rings. The fourth-order valence-corrected chi connectivity index (χ4v) is 1.87. The molecule has 94 valence electrons. The Morgan fingerprint density at radius 1 is 1.05 bits per heavy atom. The third-order valence-corrected chi connectivity index (χ3v) is 2.82. The van der Waals surface area contributed by atoms with Crippen molar-refractivity contribution in [3.8, 4) is 11.6 Å². The average Bonchev–Trinajstić information content (AvgIpc) is 2.43. The van der Waals surface area contributed by atoms with Gasteiger partial charge in [0.25, 0.3) is 0 Å². The molecule has 0 saturated heterocycles. The normalized spacial score (nSPS) is 10.6. The van der Waals surface area contributed by atoms with Gasteiger partial charge in [-0.25, -0.2) is 9.37 Å². The molecule has 1 heterocycles. The van der Waals surface area contributed by atoms with Crippen LogP contribution in [0.25, 0.3) is 10.8 Å². The standard InChI is InChI=1S/C15H11FN2O/c16-11-5-6-13(17)14(9-11)19-15-12-4-2-1-3-10(12)7-8-18-15/h1-9H,17H2. The van der Waals surface area contributed by atoms with E-state index in [1.165, 1.54) is 18.2 Å². The summed E-state index contributed by atoms with van der Waals surface area (Å²) in [6.45, 7) is 0. The second-order valence-electron chi connectivity index (χ2n) is 4.12. The van der Waals surface area contributed by atoms with E-state index < -0.39 is 5.82 Å². The van der Waals surface area contributed by atoms with Crippen LogP contribution in [0, 0.1) is 5.82 Å². The highest BCUT2D eigenvalue weighted by Crippen LogP contribution is 2.31. The quantitative estimate of drug-likeness (QED) is 0.708. The summed E-state index contributed by atoms with van der Waals surface area (Å²) in [7, 11) is 0. The van der Waals surface area contributed by atoms with E-state index in [1.54, 1.807) is 6.20 Å². The van der Waals surface area contributed by atoms with Crippen molar-refractivity contribution < 1.29 is 9.13 Å². The summed E-state index contributed by atoms with van der Waals surface area (Å²) < 4.78 is 18.8. The van der Waals surface area contributed by atoms with Gasteiger partial charge in [0.1, 0.15) is 5.82 Å². The second-order valence-corrected chi connectivity index (χ2v) is 4.12. The van der Waals surface area contributed by atoms with E-state index in [-0.39, 0.29) is 5.75 Å². The highest BCUT2D eigenvalue weighted by Gasteiger charge is 2.08. The van der Waals surface area contributed by atoms with Gasteiger partial charge in [0.2, 0.25) is 5.88 Å². The Hall–Kier alpha value is -2.62. The number of nitrogens with zero attached hydrogens (tertiary/aromatic N) is 1. The lowest BCUT2D eigenvalue weighted by Crippen LogP contribution is -1.95. The molecule has 3 nitrogen and oxygen atoms in total. The Labute approximate surface area is 109 Å². The topological polar surface area (TPSA) is 48.1 Å². The Morgan fingerprint density at radius 3 is 2.79 bits per heavy atom. The molecule has 0 aliphatic carbocycles. The summed E-state index contributed by atoms with van der Waals surface area (Å²) in [4.78, 5) is 4.17. The number of halogens is 1. The molecule has 2 N–H and O–H groups in total. The van der Waals surface area contributed by atoms with Crippen molar-refractivity contribution in [2.24, 2.45) is 0 Å². The van der Waals surface area contributed by atoms with Gasteiger partial charge in [-0.3, -0.25) is 0 Å². The lowest BCUT2D eigenvalue weighted by atomic mass is 10.2. The predicted octanol–water partition coefficient (Wildman–Crippen LogP) is 3.75. The molecular weight excluding hydrogens is 243 g/mol. The van der Waals surface area contributed by atoms with Crippen LogP contribution in [-0.4, -0.2) is 4.98 Å². The number of pyridine rings is 1. The van der Waals surface area contributed by atoms with Gasteiger partial charge in [-0.2, -0.15) is 0 Å². The van der Waals surface area contributed by atoms with Crippen molar-refractivity contribution in [1.29, 1.82) is 0 Å². The minimum Gasteiger partial charge on any atom is -0.436 e. The van der Waals surface area contributed by atoms with Crippen LogP contribution in [-0.2, 0) is 0 Å². The molecule has 0 saturated carbocycles. The third-order valence-electron chi connectivity index (χ3n) is 2.82. The molecule has 0 aliphatic rings. The van der Waals surface area contributed by atoms with Crippen LogP contribution >= 0.6 is 0 Å². The molecule has 3 rings (SSSR count). The second kappa shape index (κ2) is 4.57. The monoisotopic (exact) mass is 254 g/mol. The fraction of sp³-hybridized carbons (Fsp3) is 0. The first-order valence-corrected chi connectivity index (χ1v) is 5.81. The van der Waals surface area contributed by atoms with Crippen LogP contribution in [0.4, 0.5) is 10.1 Å². The number of aromatic nitrogens is 1. The highest BCUT2D eigenvalue weighted by atomic mass is 19.1. The van der Waals surface area contributed by atoms with Gasteiger partial charge >= 0.3 is 0 Å². The zero-order chi connectivity index (χ0) is 13.2. The predicted molar refractivity (Wildman–Crippen MR) is 72.6 cm³/mol. The molecule has 0 unspecified atom stereocenters. The van der Waals surface area contributed by atoms with Gasteiger partial charge in [-0.15, -0.1) is 0 Å². The Morgan fingerprint density at radius 2 is 1.89 bits per heavy atom. The molecule has 3 aromatic rings. The molecule has 2 aromatic carbocycles. The first kappa shape index (κ1) is 11.5. The maximum Gasteiger partial charge on any atom is 0.227 e. The van der Waals surface area contributed by atoms with E-state index in [2.05, 4.69) is 4.98 Å². The minimum absolute atomic E-state index is 0.267. The van der Waals surface area contributed by atoms with Crippen LogP contribution < -0.4 is 10.5 Å². The summed E-state index contributed by atoms with van der Waals surface area (Å²) >= 11 is 0. The average molecular weight is 254 g/mol. The Bertz CT molecular complexity index is 738. The summed E-state index contributed by atoms with van der Waals surface area (Å²) in [6.07, 6.45) is 1.65. The maximum absolute atomic E-state index is 13.2. The third kappa shape index (κ3) is 2.20. The zero-order valence-electron chi connectivity index (χ0n) is 10.0. The molecule has 0 radical (unpaired) electrons. The van der Waals surface area contributed by atoms with Crippen LogP contribution in [0.2, 0.25) is 0 Å². The Balaban J connectivity index is 2.08. The number of ether oxygens (including phenoxy) is 1. The Kier molecular flexibility index (Phi) is 2.76. The number of hydrogen-bond donors (Lipinski definition) is 1. The number of rotatable bonds is 2. The summed E-state index contributed by atoms with van der Waals surface area (Å²) in [6, 6.07) is 13.6. The largest absolute Gasteiger partial charge is 0.436 e. The highest BCUT2D eigenvalue weighted by molar-refractivity contribution is 5.86. The van der Waals surface area contributed by atoms with Crippen molar-refractivity contribution in [2.75, 3.05) is 5.73 Å². The number of fused-ring (bicyclic) bond motifs is 1. The van der Waals surface area contributed by atoms with Gasteiger partial charge in [0, 0.05) is 17.6 Å². The van der Waals surface area contributed by atoms with E-state index >= 15 is 0 Å². The number of nitrogen functional groups attached to an aromatic ring is 1. The van der Waals surface area contributed by atoms with E-state index in [0.29, 0.717) is 11.6 Å². The van der Waals surface area contributed by atoms with Gasteiger partial charge in [-0.05, 0) is 29.7 Å². The smallest absolute Gasteiger partial charge is 0.227 e. The maximum atomic E-state index is 13.2. The van der Waals surface area contributed by atoms with Crippen molar-refractivity contribution in [2.45, 2.75) is 0 Å². The van der Waals surface area contributed by atoms with Gasteiger partial charge in [-0.1, -0.05) is 18.2 Å². The van der Waals surface area contributed by atoms with Gasteiger partial charge in [0.15, 0.2) is 5.75 Å². The number of benzene rings is 2. The molecular formula is C15H11FN2O. The number of hydrogen-bond acceptors (Lipinski definition) is 3. The SMILES string of the molecule is Nc1ccc(F)cc1Oc1nccc2ccccc12. The fourth-order valence-electron chi connectivity index (χ4n) is 1.87. The molecule has 0 aliphatic heterocycles. The van der Waals surface area contributed by atoms with Gasteiger partial charge in [0.05, 0.1) is 5.69 Å². The summed E-state index contributed by atoms with van der Waals surface area (Å²) in [5.41, 5.74) is 6.13. The van der Waals surface area contributed by atoms with Crippen LogP contribution in [0.3, 0.4) is 0 Å². The first-order valence-electron chi connectivity index (χ1n) is 5.81. The lowest BCUT2D eigenvalue weighted by Gasteiger charge is -2.09. The lowest BCUT2D eigenvalue weighted by molar-refractivity contribution is 0.466. The molecule has 1 aromatic heterocycles. The van der Waals surface area contributed by atoms with Crippen molar-refractivity contribution >= 4 is 16.5 Å². The van der Waals surface area contributed by atoms with E-state index in [4.69, 9.17) is 10.5 Å².